The Labute approximate surface area is 89.6 Å². The van der Waals surface area contributed by atoms with Crippen molar-refractivity contribution < 1.29 is 9.66 Å². The lowest BCUT2D eigenvalue weighted by Crippen LogP contribution is -2.39. The average Bonchev–Trinajstić information content (AvgIpc) is 2.01. The molecule has 0 saturated carbocycles. The minimum atomic E-state index is -0.995. The van der Waals surface area contributed by atoms with Gasteiger partial charge in [0.25, 0.3) is 0 Å². The van der Waals surface area contributed by atoms with Crippen LogP contribution in [0.4, 0.5) is 0 Å². The molecule has 0 spiro atoms. The zero-order valence-corrected chi connectivity index (χ0v) is 10.1. The number of nitrogens with two attached hydrogens (primary N) is 1. The third-order valence-corrected chi connectivity index (χ3v) is 3.29. The largest absolute Gasteiger partial charge is 0.598 e. The maximum absolute atomic E-state index is 11.5. The summed E-state index contributed by atoms with van der Waals surface area (Å²) in [7, 11) is 0. The second-order valence-corrected chi connectivity index (χ2v) is 6.39. The first-order chi connectivity index (χ1) is 6.34. The van der Waals surface area contributed by atoms with E-state index in [2.05, 4.69) is 4.72 Å². The van der Waals surface area contributed by atoms with Crippen molar-refractivity contribution in [1.29, 1.82) is 0 Å². The lowest BCUT2D eigenvalue weighted by atomic mass is 10.2. The van der Waals surface area contributed by atoms with Gasteiger partial charge in [-0.1, -0.05) is 0 Å². The van der Waals surface area contributed by atoms with Crippen molar-refractivity contribution in [2.45, 2.75) is 51.0 Å². The molecule has 4 nitrogen and oxygen atoms in total. The number of aliphatic hydroxyl groups excluding tert-OH is 1. The van der Waals surface area contributed by atoms with E-state index < -0.39 is 17.6 Å². The Hall–Kier alpha value is 0.190. The Morgan fingerprint density at radius 3 is 2.43 bits per heavy atom. The lowest BCUT2D eigenvalue weighted by Gasteiger charge is -2.23. The van der Waals surface area contributed by atoms with Crippen LogP contribution in [0.25, 0.3) is 0 Å². The van der Waals surface area contributed by atoms with Crippen LogP contribution in [0.5, 0.6) is 0 Å². The Kier molecular flexibility index (Phi) is 6.72. The summed E-state index contributed by atoms with van der Waals surface area (Å²) in [6.07, 6.45) is 1.62. The second-order valence-electron chi connectivity index (χ2n) is 4.34. The molecule has 0 aromatic rings. The molecule has 0 amide bonds. The maximum Gasteiger partial charge on any atom is 0.136 e. The van der Waals surface area contributed by atoms with Crippen molar-refractivity contribution in [2.24, 2.45) is 5.73 Å². The molecule has 0 radical (unpaired) electrons. The highest BCUT2D eigenvalue weighted by atomic mass is 32.2. The van der Waals surface area contributed by atoms with E-state index in [0.29, 0.717) is 13.0 Å². The Morgan fingerprint density at radius 2 is 2.00 bits per heavy atom. The molecule has 0 saturated heterocycles. The molecule has 0 fully saturated rings. The van der Waals surface area contributed by atoms with Crippen LogP contribution in [0.2, 0.25) is 0 Å². The molecular weight excluding hydrogens is 200 g/mol. The number of rotatable bonds is 6. The predicted molar refractivity (Wildman–Crippen MR) is 59.9 cm³/mol. The number of hydrogen-bond donors (Lipinski definition) is 3. The first-order valence-corrected chi connectivity index (χ1v) is 6.08. The summed E-state index contributed by atoms with van der Waals surface area (Å²) < 4.78 is 14.2. The lowest BCUT2D eigenvalue weighted by molar-refractivity contribution is 0.168. The van der Waals surface area contributed by atoms with E-state index in [1.54, 1.807) is 0 Å². The van der Waals surface area contributed by atoms with Crippen molar-refractivity contribution >= 4 is 11.4 Å². The topological polar surface area (TPSA) is 81.3 Å². The molecule has 4 N–H and O–H groups in total. The van der Waals surface area contributed by atoms with Crippen molar-refractivity contribution in [3.05, 3.63) is 0 Å². The van der Waals surface area contributed by atoms with Crippen LogP contribution in [0.15, 0.2) is 0 Å². The number of hydrogen-bond acceptors (Lipinski definition) is 4. The predicted octanol–water partition coefficient (Wildman–Crippen LogP) is 0.486. The van der Waals surface area contributed by atoms with Crippen LogP contribution in [0, 0.1) is 0 Å². The summed E-state index contributed by atoms with van der Waals surface area (Å²) >= 11 is -0.995. The van der Waals surface area contributed by atoms with E-state index in [1.807, 2.05) is 20.8 Å². The fourth-order valence-electron chi connectivity index (χ4n) is 0.860. The van der Waals surface area contributed by atoms with Crippen molar-refractivity contribution in [1.82, 2.24) is 4.72 Å². The van der Waals surface area contributed by atoms with Gasteiger partial charge in [-0.2, -0.15) is 0 Å². The van der Waals surface area contributed by atoms with Gasteiger partial charge in [0.15, 0.2) is 0 Å². The van der Waals surface area contributed by atoms with E-state index >= 15 is 0 Å². The fraction of sp³-hybridized carbons (Fsp3) is 1.00. The van der Waals surface area contributed by atoms with Crippen LogP contribution >= 0.6 is 0 Å². The van der Waals surface area contributed by atoms with Gasteiger partial charge in [-0.05, 0) is 40.0 Å². The molecule has 0 rings (SSSR count). The fourth-order valence-corrected chi connectivity index (χ4v) is 1.62. The third kappa shape index (κ3) is 7.58. The maximum atomic E-state index is 11.5. The Balaban J connectivity index is 3.37. The van der Waals surface area contributed by atoms with E-state index in [-0.39, 0.29) is 4.75 Å². The van der Waals surface area contributed by atoms with Gasteiger partial charge >= 0.3 is 0 Å². The molecule has 0 aromatic heterocycles. The number of unbranched alkanes of at least 4 members (excludes halogenated alkanes) is 1. The van der Waals surface area contributed by atoms with Gasteiger partial charge in [-0.15, -0.1) is 4.72 Å². The second kappa shape index (κ2) is 6.63. The first-order valence-electron chi connectivity index (χ1n) is 4.93. The average molecular weight is 222 g/mol. The van der Waals surface area contributed by atoms with Gasteiger partial charge in [0.2, 0.25) is 0 Å². The van der Waals surface area contributed by atoms with Crippen molar-refractivity contribution in [2.75, 3.05) is 6.54 Å². The van der Waals surface area contributed by atoms with Crippen LogP contribution in [0.1, 0.15) is 40.0 Å². The summed E-state index contributed by atoms with van der Waals surface area (Å²) in [6, 6.07) is 0. The van der Waals surface area contributed by atoms with Gasteiger partial charge in [0, 0.05) is 17.9 Å². The minimum absolute atomic E-state index is 0.215. The summed E-state index contributed by atoms with van der Waals surface area (Å²) in [4.78, 5) is 0. The molecule has 86 valence electrons. The molecule has 0 aliphatic rings. The van der Waals surface area contributed by atoms with Crippen molar-refractivity contribution in [3.63, 3.8) is 0 Å². The van der Waals surface area contributed by atoms with E-state index in [0.717, 1.165) is 12.8 Å². The highest BCUT2D eigenvalue weighted by Gasteiger charge is 2.25. The molecule has 0 heterocycles. The van der Waals surface area contributed by atoms with Gasteiger partial charge in [-0.25, -0.2) is 0 Å². The molecule has 0 bridgehead atoms. The highest BCUT2D eigenvalue weighted by Crippen LogP contribution is 2.12. The highest BCUT2D eigenvalue weighted by molar-refractivity contribution is 7.90. The van der Waals surface area contributed by atoms with Crippen LogP contribution < -0.4 is 10.5 Å². The Bertz CT molecular complexity index is 148. The smallest absolute Gasteiger partial charge is 0.136 e. The molecule has 14 heavy (non-hydrogen) atoms. The molecular formula is C9H22N2O2S. The number of nitrogens with one attached hydrogen (secondary N) is 1. The van der Waals surface area contributed by atoms with Gasteiger partial charge < -0.3 is 15.4 Å². The summed E-state index contributed by atoms with van der Waals surface area (Å²) in [5.74, 6) is 0. The summed E-state index contributed by atoms with van der Waals surface area (Å²) in [5, 5.41) is 8.79. The molecule has 0 aliphatic heterocycles. The Morgan fingerprint density at radius 1 is 1.43 bits per heavy atom. The number of aliphatic hydroxyl groups is 1. The van der Waals surface area contributed by atoms with E-state index in [9.17, 15) is 4.55 Å². The molecule has 5 heteroatoms. The quantitative estimate of drug-likeness (QED) is 0.347. The molecule has 2 unspecified atom stereocenters. The van der Waals surface area contributed by atoms with Crippen LogP contribution in [0.3, 0.4) is 0 Å². The third-order valence-electron chi connectivity index (χ3n) is 1.72. The van der Waals surface area contributed by atoms with E-state index in [1.165, 1.54) is 0 Å². The van der Waals surface area contributed by atoms with Crippen molar-refractivity contribution in [3.8, 4) is 0 Å². The summed E-state index contributed by atoms with van der Waals surface area (Å²) in [6.45, 7) is 6.50. The van der Waals surface area contributed by atoms with Gasteiger partial charge in [0.05, 0.1) is 0 Å². The zero-order valence-electron chi connectivity index (χ0n) is 9.25. The van der Waals surface area contributed by atoms with Crippen LogP contribution in [-0.2, 0) is 11.4 Å². The van der Waals surface area contributed by atoms with Gasteiger partial charge in [0.1, 0.15) is 11.0 Å². The normalized spacial score (nSPS) is 16.7. The van der Waals surface area contributed by atoms with Gasteiger partial charge in [-0.3, -0.25) is 0 Å². The van der Waals surface area contributed by atoms with E-state index in [4.69, 9.17) is 10.8 Å². The standard InChI is InChI=1S/C9H22N2O2S/c1-9(2,3)14(13)11-7-5-4-6-8(10)12/h8,11-12H,4-7,10H2,1-3H3. The molecule has 2 atom stereocenters. The minimum Gasteiger partial charge on any atom is -0.598 e. The SMILES string of the molecule is CC(C)(C)[S+]([O-])NCCCCC(N)O. The molecule has 0 aromatic carbocycles. The monoisotopic (exact) mass is 222 g/mol. The molecule has 0 aliphatic carbocycles. The zero-order chi connectivity index (χ0) is 11.2. The van der Waals surface area contributed by atoms with Crippen LogP contribution in [-0.4, -0.2) is 27.2 Å². The summed E-state index contributed by atoms with van der Waals surface area (Å²) in [5.41, 5.74) is 5.18. The first kappa shape index (κ1) is 14.2.